The van der Waals surface area contributed by atoms with Crippen LogP contribution in [0.25, 0.3) is 28.0 Å². The van der Waals surface area contributed by atoms with E-state index in [2.05, 4.69) is 20.9 Å². The number of halogens is 1. The highest BCUT2D eigenvalue weighted by Crippen LogP contribution is 2.32. The van der Waals surface area contributed by atoms with Gasteiger partial charge in [0.25, 0.3) is 5.69 Å². The summed E-state index contributed by atoms with van der Waals surface area (Å²) in [5.41, 5.74) is 4.69. The van der Waals surface area contributed by atoms with E-state index in [0.717, 1.165) is 27.0 Å². The van der Waals surface area contributed by atoms with Crippen molar-refractivity contribution in [2.24, 2.45) is 0 Å². The molecule has 0 atom stereocenters. The van der Waals surface area contributed by atoms with Gasteiger partial charge >= 0.3 is 0 Å². The minimum atomic E-state index is -0.408. The molecule has 0 N–H and O–H groups in total. The van der Waals surface area contributed by atoms with E-state index in [4.69, 9.17) is 9.84 Å². The fourth-order valence-electron chi connectivity index (χ4n) is 3.14. The molecule has 4 rings (SSSR count). The Morgan fingerprint density at radius 3 is 2.64 bits per heavy atom. The van der Waals surface area contributed by atoms with E-state index in [1.165, 1.54) is 12.1 Å². The van der Waals surface area contributed by atoms with E-state index in [0.29, 0.717) is 17.8 Å². The maximum atomic E-state index is 11.2. The minimum absolute atomic E-state index is 0.0277. The fraction of sp³-hybridized carbons (Fsp3) is 0.100. The third-order valence-corrected chi connectivity index (χ3v) is 4.89. The van der Waals surface area contributed by atoms with Crippen LogP contribution in [-0.2, 0) is 11.3 Å². The van der Waals surface area contributed by atoms with E-state index < -0.39 is 4.92 Å². The number of rotatable bonds is 5. The van der Waals surface area contributed by atoms with Crippen molar-refractivity contribution in [2.45, 2.75) is 6.61 Å². The smallest absolute Gasteiger partial charge is 0.270 e. The highest BCUT2D eigenvalue weighted by Gasteiger charge is 2.19. The van der Waals surface area contributed by atoms with Crippen LogP contribution in [0, 0.1) is 10.1 Å². The third-order valence-electron chi connectivity index (χ3n) is 4.36. The van der Waals surface area contributed by atoms with E-state index in [-0.39, 0.29) is 5.69 Å². The summed E-state index contributed by atoms with van der Waals surface area (Å²) in [6.07, 6.45) is 1.68. The molecule has 0 aliphatic carbocycles. The quantitative estimate of drug-likeness (QED) is 0.327. The number of fused-ring (bicyclic) bond motifs is 1. The molecule has 0 spiro atoms. The summed E-state index contributed by atoms with van der Waals surface area (Å²) in [6.45, 7) is 0.323. The Kier molecular flexibility index (Phi) is 4.89. The van der Waals surface area contributed by atoms with Crippen molar-refractivity contribution in [1.82, 2.24) is 14.6 Å². The molecule has 0 bridgehead atoms. The zero-order chi connectivity index (χ0) is 19.7. The number of benzene rings is 2. The number of aromatic nitrogens is 3. The molecule has 140 valence electrons. The average Bonchev–Trinajstić information content (AvgIpc) is 3.07. The molecule has 0 unspecified atom stereocenters. The standard InChI is InChI=1S/C20H15BrN4O3/c1-28-12-17-19(13-5-7-15(21)8-6-13)20-22-10-9-18(24(20)23-17)14-3-2-4-16(11-14)25(26)27/h2-11H,12H2,1H3. The molecular weight excluding hydrogens is 424 g/mol. The first kappa shape index (κ1) is 18.3. The fourth-order valence-corrected chi connectivity index (χ4v) is 3.40. The van der Waals surface area contributed by atoms with Gasteiger partial charge in [-0.3, -0.25) is 10.1 Å². The van der Waals surface area contributed by atoms with Crippen LogP contribution >= 0.6 is 15.9 Å². The maximum Gasteiger partial charge on any atom is 0.270 e. The Morgan fingerprint density at radius 1 is 1.14 bits per heavy atom. The Balaban J connectivity index is 1.96. The third kappa shape index (κ3) is 3.28. The first-order valence-electron chi connectivity index (χ1n) is 8.45. The predicted molar refractivity (Wildman–Crippen MR) is 109 cm³/mol. The van der Waals surface area contributed by atoms with Crippen LogP contribution in [0.15, 0.2) is 65.3 Å². The molecule has 0 amide bonds. The molecule has 7 nitrogen and oxygen atoms in total. The van der Waals surface area contributed by atoms with Gasteiger partial charge in [0.1, 0.15) is 0 Å². The van der Waals surface area contributed by atoms with Crippen molar-refractivity contribution < 1.29 is 9.66 Å². The van der Waals surface area contributed by atoms with Crippen molar-refractivity contribution in [3.8, 4) is 22.4 Å². The van der Waals surface area contributed by atoms with Gasteiger partial charge in [-0.25, -0.2) is 9.50 Å². The largest absolute Gasteiger partial charge is 0.378 e. The summed E-state index contributed by atoms with van der Waals surface area (Å²) in [4.78, 5) is 15.3. The second kappa shape index (κ2) is 7.49. The molecule has 0 saturated carbocycles. The zero-order valence-electron chi connectivity index (χ0n) is 14.9. The molecule has 0 fully saturated rings. The molecule has 0 radical (unpaired) electrons. The first-order valence-corrected chi connectivity index (χ1v) is 9.24. The summed E-state index contributed by atoms with van der Waals surface area (Å²) in [6, 6.07) is 16.2. The Labute approximate surface area is 168 Å². The van der Waals surface area contributed by atoms with E-state index in [9.17, 15) is 10.1 Å². The van der Waals surface area contributed by atoms with Gasteiger partial charge in [0.2, 0.25) is 0 Å². The van der Waals surface area contributed by atoms with Crippen LogP contribution in [0.3, 0.4) is 0 Å². The van der Waals surface area contributed by atoms with Crippen LogP contribution in [0.2, 0.25) is 0 Å². The zero-order valence-corrected chi connectivity index (χ0v) is 16.5. The lowest BCUT2D eigenvalue weighted by atomic mass is 10.1. The number of nitro groups is 1. The monoisotopic (exact) mass is 438 g/mol. The van der Waals surface area contributed by atoms with Gasteiger partial charge < -0.3 is 4.74 Å². The van der Waals surface area contributed by atoms with Gasteiger partial charge in [-0.1, -0.05) is 40.2 Å². The normalized spacial score (nSPS) is 11.1. The predicted octanol–water partition coefficient (Wildman–Crippen LogP) is 4.88. The molecule has 0 aliphatic heterocycles. The number of hydrogen-bond donors (Lipinski definition) is 0. The van der Waals surface area contributed by atoms with Crippen LogP contribution in [-0.4, -0.2) is 26.6 Å². The molecule has 8 heteroatoms. The highest BCUT2D eigenvalue weighted by molar-refractivity contribution is 9.10. The molecule has 2 aromatic carbocycles. The number of non-ortho nitro benzene ring substituents is 1. The first-order chi connectivity index (χ1) is 13.6. The lowest BCUT2D eigenvalue weighted by Crippen LogP contribution is -1.97. The van der Waals surface area contributed by atoms with Crippen molar-refractivity contribution in [1.29, 1.82) is 0 Å². The summed E-state index contributed by atoms with van der Waals surface area (Å²) in [5.74, 6) is 0. The number of nitrogens with zero attached hydrogens (tertiary/aromatic N) is 4. The van der Waals surface area contributed by atoms with Gasteiger partial charge in [-0.2, -0.15) is 5.10 Å². The van der Waals surface area contributed by atoms with Crippen molar-refractivity contribution in [2.75, 3.05) is 7.11 Å². The summed E-state index contributed by atoms with van der Waals surface area (Å²) in [5, 5.41) is 15.9. The molecule has 0 aliphatic rings. The molecule has 2 aromatic heterocycles. The van der Waals surface area contributed by atoms with Gasteiger partial charge in [0.05, 0.1) is 28.5 Å². The second-order valence-electron chi connectivity index (χ2n) is 6.13. The molecular formula is C20H15BrN4O3. The molecule has 28 heavy (non-hydrogen) atoms. The molecule has 4 aromatic rings. The van der Waals surface area contributed by atoms with Crippen LogP contribution in [0.1, 0.15) is 5.69 Å². The number of ether oxygens (including phenoxy) is 1. The minimum Gasteiger partial charge on any atom is -0.378 e. The van der Waals surface area contributed by atoms with Gasteiger partial charge in [-0.15, -0.1) is 0 Å². The lowest BCUT2D eigenvalue weighted by molar-refractivity contribution is -0.384. The van der Waals surface area contributed by atoms with E-state index in [1.54, 1.807) is 30.0 Å². The molecule has 0 saturated heterocycles. The van der Waals surface area contributed by atoms with Crippen molar-refractivity contribution in [3.05, 3.63) is 81.1 Å². The summed E-state index contributed by atoms with van der Waals surface area (Å²) in [7, 11) is 1.62. The van der Waals surface area contributed by atoms with Crippen molar-refractivity contribution >= 4 is 27.3 Å². The topological polar surface area (TPSA) is 82.6 Å². The van der Waals surface area contributed by atoms with Gasteiger partial charge in [0, 0.05) is 35.5 Å². The highest BCUT2D eigenvalue weighted by atomic mass is 79.9. The summed E-state index contributed by atoms with van der Waals surface area (Å²) < 4.78 is 8.03. The number of nitro benzene ring substituents is 1. The van der Waals surface area contributed by atoms with Crippen LogP contribution in [0.4, 0.5) is 5.69 Å². The van der Waals surface area contributed by atoms with Crippen molar-refractivity contribution in [3.63, 3.8) is 0 Å². The maximum absolute atomic E-state index is 11.2. The Morgan fingerprint density at radius 2 is 1.93 bits per heavy atom. The lowest BCUT2D eigenvalue weighted by Gasteiger charge is -2.05. The van der Waals surface area contributed by atoms with Gasteiger partial charge in [-0.05, 0) is 23.8 Å². The van der Waals surface area contributed by atoms with Crippen LogP contribution in [0.5, 0.6) is 0 Å². The van der Waals surface area contributed by atoms with Gasteiger partial charge in [0.15, 0.2) is 5.65 Å². The average molecular weight is 439 g/mol. The number of hydrogen-bond acceptors (Lipinski definition) is 5. The molecule has 2 heterocycles. The Hall–Kier alpha value is -3.10. The van der Waals surface area contributed by atoms with Crippen LogP contribution < -0.4 is 0 Å². The second-order valence-corrected chi connectivity index (χ2v) is 7.05. The Bertz CT molecular complexity index is 1170. The van der Waals surface area contributed by atoms with E-state index >= 15 is 0 Å². The number of methoxy groups -OCH3 is 1. The SMILES string of the molecule is COCc1nn2c(-c3cccc([N+](=O)[O-])c3)ccnc2c1-c1ccc(Br)cc1. The van der Waals surface area contributed by atoms with E-state index in [1.807, 2.05) is 30.3 Å². The summed E-state index contributed by atoms with van der Waals surface area (Å²) >= 11 is 3.45.